The summed E-state index contributed by atoms with van der Waals surface area (Å²) >= 11 is 0. The van der Waals surface area contributed by atoms with Gasteiger partial charge in [-0.1, -0.05) is 32.0 Å². The second-order valence-corrected chi connectivity index (χ2v) is 5.34. The Labute approximate surface area is 148 Å². The van der Waals surface area contributed by atoms with Gasteiger partial charge in [0.15, 0.2) is 12.4 Å². The van der Waals surface area contributed by atoms with Crippen molar-refractivity contribution in [2.45, 2.75) is 33.2 Å². The monoisotopic (exact) mass is 347 g/mol. The zero-order chi connectivity index (χ0) is 16.8. The number of para-hydroxylation sites is 1. The Morgan fingerprint density at radius 2 is 1.71 bits per heavy atom. The third kappa shape index (κ3) is 4.80. The van der Waals surface area contributed by atoms with Gasteiger partial charge in [-0.2, -0.15) is 4.57 Å². The van der Waals surface area contributed by atoms with E-state index in [0.717, 1.165) is 29.7 Å². The number of amides is 2. The van der Waals surface area contributed by atoms with E-state index >= 15 is 0 Å². The Morgan fingerprint density at radius 3 is 2.25 bits per heavy atom. The molecule has 24 heavy (non-hydrogen) atoms. The van der Waals surface area contributed by atoms with Gasteiger partial charge in [0, 0.05) is 11.8 Å². The smallest absolute Gasteiger partial charge is 0.290 e. The molecule has 0 aliphatic heterocycles. The highest BCUT2D eigenvalue weighted by Gasteiger charge is 2.15. The predicted molar refractivity (Wildman–Crippen MR) is 89.0 cm³/mol. The first-order valence-corrected chi connectivity index (χ1v) is 7.74. The van der Waals surface area contributed by atoms with Crippen LogP contribution in [0.2, 0.25) is 0 Å². The number of aromatic nitrogens is 1. The molecule has 0 aliphatic carbocycles. The Bertz CT molecular complexity index is 710. The van der Waals surface area contributed by atoms with Crippen molar-refractivity contribution in [2.75, 3.05) is 5.32 Å². The third-order valence-electron chi connectivity index (χ3n) is 3.73. The minimum atomic E-state index is -0.510. The summed E-state index contributed by atoms with van der Waals surface area (Å²) < 4.78 is 1.65. The van der Waals surface area contributed by atoms with Crippen LogP contribution in [-0.4, -0.2) is 11.8 Å². The molecule has 6 heteroatoms. The molecule has 1 heterocycles. The van der Waals surface area contributed by atoms with Crippen LogP contribution < -0.4 is 28.0 Å². The molecule has 0 fully saturated rings. The van der Waals surface area contributed by atoms with Crippen LogP contribution in [-0.2, 0) is 24.2 Å². The van der Waals surface area contributed by atoms with Crippen molar-refractivity contribution in [1.29, 1.82) is 0 Å². The molecule has 5 nitrogen and oxygen atoms in total. The number of benzene rings is 1. The van der Waals surface area contributed by atoms with E-state index in [4.69, 9.17) is 5.73 Å². The quantitative estimate of drug-likeness (QED) is 0.647. The van der Waals surface area contributed by atoms with Gasteiger partial charge in [0.05, 0.1) is 0 Å². The summed E-state index contributed by atoms with van der Waals surface area (Å²) in [5.41, 5.74) is 8.77. The van der Waals surface area contributed by atoms with Gasteiger partial charge in [-0.05, 0) is 30.0 Å². The molecule has 2 amide bonds. The lowest BCUT2D eigenvalue weighted by Gasteiger charge is -2.13. The molecule has 1 aromatic carbocycles. The van der Waals surface area contributed by atoms with Crippen molar-refractivity contribution in [3.05, 3.63) is 59.4 Å². The van der Waals surface area contributed by atoms with Crippen LogP contribution in [0.15, 0.2) is 42.7 Å². The summed E-state index contributed by atoms with van der Waals surface area (Å²) in [6.45, 7) is 4.26. The molecule has 0 spiro atoms. The van der Waals surface area contributed by atoms with Crippen LogP contribution in [0.5, 0.6) is 0 Å². The fourth-order valence-corrected chi connectivity index (χ4v) is 2.51. The van der Waals surface area contributed by atoms with Crippen molar-refractivity contribution in [2.24, 2.45) is 5.73 Å². The SMILES string of the molecule is CCc1cccc(CC)c1NC(=O)C[n+]1cccc(C(N)=O)c1.[Cl-]. The molecule has 0 radical (unpaired) electrons. The largest absolute Gasteiger partial charge is 1.00 e. The van der Waals surface area contributed by atoms with Gasteiger partial charge in [-0.15, -0.1) is 0 Å². The number of nitrogens with two attached hydrogens (primary N) is 1. The summed E-state index contributed by atoms with van der Waals surface area (Å²) in [6.07, 6.45) is 5.02. The minimum absolute atomic E-state index is 0. The summed E-state index contributed by atoms with van der Waals surface area (Å²) in [6, 6.07) is 9.38. The van der Waals surface area contributed by atoms with E-state index < -0.39 is 5.91 Å². The lowest BCUT2D eigenvalue weighted by Crippen LogP contribution is -3.00. The van der Waals surface area contributed by atoms with Crippen LogP contribution >= 0.6 is 0 Å². The predicted octanol–water partition coefficient (Wildman–Crippen LogP) is -1.16. The molecule has 3 N–H and O–H groups in total. The summed E-state index contributed by atoms with van der Waals surface area (Å²) in [4.78, 5) is 23.6. The van der Waals surface area contributed by atoms with E-state index in [-0.39, 0.29) is 24.9 Å². The van der Waals surface area contributed by atoms with Crippen molar-refractivity contribution < 1.29 is 26.6 Å². The average molecular weight is 348 g/mol. The molecular formula is C18H22ClN3O2. The topological polar surface area (TPSA) is 76.1 Å². The number of hydrogen-bond acceptors (Lipinski definition) is 2. The first-order valence-electron chi connectivity index (χ1n) is 7.74. The zero-order valence-corrected chi connectivity index (χ0v) is 14.6. The molecule has 2 aromatic rings. The van der Waals surface area contributed by atoms with Crippen LogP contribution in [0.3, 0.4) is 0 Å². The number of halogens is 1. The van der Waals surface area contributed by atoms with Gasteiger partial charge in [-0.3, -0.25) is 9.59 Å². The molecule has 0 bridgehead atoms. The molecule has 128 valence electrons. The highest BCUT2D eigenvalue weighted by molar-refractivity contribution is 5.92. The standard InChI is InChI=1S/C18H21N3O2.ClH/c1-3-13-7-5-8-14(4-2)17(13)20-16(22)12-21-10-6-9-15(11-21)18(19)23;/h5-11H,3-4,12H2,1-2H3,(H2-,19,20,22,23);1H. The molecule has 0 unspecified atom stereocenters. The van der Waals surface area contributed by atoms with Crippen molar-refractivity contribution >= 4 is 17.5 Å². The first kappa shape index (κ1) is 19.6. The number of anilines is 1. The number of carbonyl (C=O) groups is 2. The van der Waals surface area contributed by atoms with Gasteiger partial charge in [-0.25, -0.2) is 0 Å². The summed E-state index contributed by atoms with van der Waals surface area (Å²) in [5.74, 6) is -0.642. The van der Waals surface area contributed by atoms with Crippen LogP contribution in [0.4, 0.5) is 5.69 Å². The van der Waals surface area contributed by atoms with Gasteiger partial charge in [0.25, 0.3) is 11.8 Å². The lowest BCUT2D eigenvalue weighted by molar-refractivity contribution is -0.684. The molecule has 0 aliphatic rings. The minimum Gasteiger partial charge on any atom is -1.00 e. The second-order valence-electron chi connectivity index (χ2n) is 5.34. The van der Waals surface area contributed by atoms with E-state index in [0.29, 0.717) is 5.56 Å². The Hall–Kier alpha value is -2.40. The second kappa shape index (κ2) is 9.03. The maximum Gasteiger partial charge on any atom is 0.290 e. The number of hydrogen-bond donors (Lipinski definition) is 2. The highest BCUT2D eigenvalue weighted by Crippen LogP contribution is 2.22. The normalized spacial score (nSPS) is 9.92. The first-order chi connectivity index (χ1) is 11.0. The maximum absolute atomic E-state index is 12.4. The van der Waals surface area contributed by atoms with E-state index in [1.807, 2.05) is 18.2 Å². The van der Waals surface area contributed by atoms with Crippen molar-refractivity contribution in [3.63, 3.8) is 0 Å². The number of aryl methyl sites for hydroxylation is 2. The Kier molecular flexibility index (Phi) is 7.39. The Morgan fingerprint density at radius 1 is 1.08 bits per heavy atom. The van der Waals surface area contributed by atoms with Crippen molar-refractivity contribution in [3.8, 4) is 0 Å². The number of pyridine rings is 1. The molecule has 0 saturated heterocycles. The lowest BCUT2D eigenvalue weighted by atomic mass is 10.0. The molecular weight excluding hydrogens is 326 g/mol. The Balaban J connectivity index is 0.00000288. The molecule has 0 saturated carbocycles. The highest BCUT2D eigenvalue weighted by atomic mass is 35.5. The number of primary amides is 1. The van der Waals surface area contributed by atoms with Gasteiger partial charge >= 0.3 is 0 Å². The van der Waals surface area contributed by atoms with Crippen LogP contribution in [0, 0.1) is 0 Å². The van der Waals surface area contributed by atoms with E-state index in [2.05, 4.69) is 19.2 Å². The van der Waals surface area contributed by atoms with E-state index in [1.165, 1.54) is 0 Å². The molecule has 2 rings (SSSR count). The van der Waals surface area contributed by atoms with Gasteiger partial charge in [0.1, 0.15) is 5.56 Å². The molecule has 0 atom stereocenters. The number of nitrogens with one attached hydrogen (secondary N) is 1. The summed E-state index contributed by atoms with van der Waals surface area (Å²) in [7, 11) is 0. The van der Waals surface area contributed by atoms with E-state index in [9.17, 15) is 9.59 Å². The zero-order valence-electron chi connectivity index (χ0n) is 13.9. The van der Waals surface area contributed by atoms with Crippen LogP contribution in [0.25, 0.3) is 0 Å². The molecule has 1 aromatic heterocycles. The van der Waals surface area contributed by atoms with Crippen LogP contribution in [0.1, 0.15) is 35.3 Å². The fourth-order valence-electron chi connectivity index (χ4n) is 2.51. The van der Waals surface area contributed by atoms with Crippen molar-refractivity contribution in [1.82, 2.24) is 0 Å². The van der Waals surface area contributed by atoms with E-state index in [1.54, 1.807) is 29.1 Å². The van der Waals surface area contributed by atoms with Gasteiger partial charge < -0.3 is 23.5 Å². The number of rotatable bonds is 6. The number of carbonyl (C=O) groups excluding carboxylic acids is 2. The summed E-state index contributed by atoms with van der Waals surface area (Å²) in [5, 5.41) is 3.00. The third-order valence-corrected chi connectivity index (χ3v) is 3.73. The maximum atomic E-state index is 12.4. The average Bonchev–Trinajstić information content (AvgIpc) is 2.55. The number of nitrogens with zero attached hydrogens (tertiary/aromatic N) is 1. The fraction of sp³-hybridized carbons (Fsp3) is 0.278. The van der Waals surface area contributed by atoms with Gasteiger partial charge in [0.2, 0.25) is 6.54 Å².